The van der Waals surface area contributed by atoms with E-state index in [0.717, 1.165) is 0 Å². The molecule has 0 radical (unpaired) electrons. The molecule has 0 bridgehead atoms. The average molecular weight is 569 g/mol. The molecule has 10 N–H and O–H groups in total. The summed E-state index contributed by atoms with van der Waals surface area (Å²) in [5, 5.41) is 56.2. The number of hydrogen-bond donors (Lipinski definition) is 9. The van der Waals surface area contributed by atoms with Gasteiger partial charge < -0.3 is 47.2 Å². The molecule has 5 atom stereocenters. The van der Waals surface area contributed by atoms with Gasteiger partial charge in [-0.3, -0.25) is 19.2 Å². The standard InChI is InChI=1S/C27H44N4O9/c1-5-16(4)23(28)26(37)30-19(14-15(2)3)24(35)31-21(27(38,39)40)12-11-20(32)25(36)29-18-9-7-6-8-17(18)10-13-22(33)34/h6-9,15-16,19-21,23,32,38-40H,5,10-14,28H2,1-4H3,(H,29,36)(H,30,37)(H,31,35)(H,33,34)/t16-,19-,20?,21?,23-/m0/s1. The molecule has 13 heteroatoms. The first-order chi connectivity index (χ1) is 18.6. The van der Waals surface area contributed by atoms with Crippen molar-refractivity contribution < 1.29 is 44.7 Å². The van der Waals surface area contributed by atoms with Gasteiger partial charge in [-0.05, 0) is 49.1 Å². The number of carbonyl (C=O) groups excluding carboxylic acids is 3. The van der Waals surface area contributed by atoms with Crippen molar-refractivity contribution in [2.24, 2.45) is 17.6 Å². The topological polar surface area (TPSA) is 232 Å². The van der Waals surface area contributed by atoms with Crippen LogP contribution in [-0.4, -0.2) is 79.4 Å². The van der Waals surface area contributed by atoms with E-state index in [1.165, 1.54) is 0 Å². The van der Waals surface area contributed by atoms with Crippen LogP contribution in [0, 0.1) is 11.8 Å². The second kappa shape index (κ2) is 16.2. The van der Waals surface area contributed by atoms with Crippen molar-refractivity contribution in [2.45, 2.75) is 96.4 Å². The van der Waals surface area contributed by atoms with Gasteiger partial charge in [0.05, 0.1) is 6.04 Å². The summed E-state index contributed by atoms with van der Waals surface area (Å²) in [7, 11) is 0. The molecule has 1 rings (SSSR count). The highest BCUT2D eigenvalue weighted by Gasteiger charge is 2.37. The van der Waals surface area contributed by atoms with Crippen LogP contribution < -0.4 is 21.7 Å². The van der Waals surface area contributed by atoms with E-state index in [1.54, 1.807) is 31.2 Å². The SMILES string of the molecule is CC[C@H](C)[C@H](N)C(=O)N[C@@H](CC(C)C)C(=O)NC(CCC(O)C(=O)Nc1ccccc1CCC(=O)O)C(O)(O)O. The summed E-state index contributed by atoms with van der Waals surface area (Å²) < 4.78 is 0. The molecular weight excluding hydrogens is 524 g/mol. The van der Waals surface area contributed by atoms with E-state index in [1.807, 2.05) is 20.8 Å². The van der Waals surface area contributed by atoms with E-state index in [-0.39, 0.29) is 31.1 Å². The molecule has 0 aromatic heterocycles. The van der Waals surface area contributed by atoms with E-state index in [2.05, 4.69) is 16.0 Å². The van der Waals surface area contributed by atoms with E-state index in [4.69, 9.17) is 10.8 Å². The number of aliphatic hydroxyl groups excluding tert-OH is 1. The lowest BCUT2D eigenvalue weighted by Gasteiger charge is -2.30. The van der Waals surface area contributed by atoms with Crippen molar-refractivity contribution in [3.63, 3.8) is 0 Å². The number of carboxylic acids is 1. The quantitative estimate of drug-likeness (QED) is 0.112. The number of benzene rings is 1. The minimum absolute atomic E-state index is 0.0413. The van der Waals surface area contributed by atoms with Crippen molar-refractivity contribution in [1.82, 2.24) is 10.6 Å². The Kier molecular flexibility index (Phi) is 14.2. The molecule has 226 valence electrons. The molecule has 2 unspecified atom stereocenters. The normalized spacial score (nSPS) is 15.4. The highest BCUT2D eigenvalue weighted by Crippen LogP contribution is 2.19. The van der Waals surface area contributed by atoms with Crippen LogP contribution in [0.4, 0.5) is 5.69 Å². The number of nitrogens with one attached hydrogen (secondary N) is 3. The Labute approximate surface area is 234 Å². The maximum Gasteiger partial charge on any atom is 0.303 e. The molecule has 0 fully saturated rings. The minimum atomic E-state index is -3.39. The van der Waals surface area contributed by atoms with Gasteiger partial charge in [0.15, 0.2) is 0 Å². The lowest BCUT2D eigenvalue weighted by molar-refractivity contribution is -0.327. The Morgan fingerprint density at radius 2 is 1.57 bits per heavy atom. The zero-order chi connectivity index (χ0) is 30.6. The monoisotopic (exact) mass is 568 g/mol. The van der Waals surface area contributed by atoms with Gasteiger partial charge in [0.2, 0.25) is 11.8 Å². The van der Waals surface area contributed by atoms with Crippen LogP contribution in [-0.2, 0) is 25.6 Å². The van der Waals surface area contributed by atoms with Gasteiger partial charge in [-0.2, -0.15) is 0 Å². The third-order valence-electron chi connectivity index (χ3n) is 6.60. The minimum Gasteiger partial charge on any atom is -0.481 e. The fraction of sp³-hybridized carbons (Fsp3) is 0.630. The predicted octanol–water partition coefficient (Wildman–Crippen LogP) is -0.197. The van der Waals surface area contributed by atoms with Crippen LogP contribution >= 0.6 is 0 Å². The highest BCUT2D eigenvalue weighted by molar-refractivity contribution is 5.94. The van der Waals surface area contributed by atoms with Crippen molar-refractivity contribution in [2.75, 3.05) is 5.32 Å². The van der Waals surface area contributed by atoms with Crippen LogP contribution in [0.25, 0.3) is 0 Å². The number of carbonyl (C=O) groups is 4. The molecule has 3 amide bonds. The zero-order valence-electron chi connectivity index (χ0n) is 23.5. The Hall–Kier alpha value is -3.10. The number of para-hydroxylation sites is 1. The number of hydrogen-bond acceptors (Lipinski definition) is 9. The Morgan fingerprint density at radius 1 is 0.950 bits per heavy atom. The van der Waals surface area contributed by atoms with Gasteiger partial charge in [0.1, 0.15) is 18.2 Å². The number of aryl methyl sites for hydroxylation is 1. The fourth-order valence-electron chi connectivity index (χ4n) is 3.89. The first-order valence-electron chi connectivity index (χ1n) is 13.4. The molecule has 13 nitrogen and oxygen atoms in total. The van der Waals surface area contributed by atoms with Crippen LogP contribution in [0.15, 0.2) is 24.3 Å². The Balaban J connectivity index is 2.90. The molecule has 0 aliphatic rings. The Bertz CT molecular complexity index is 996. The van der Waals surface area contributed by atoms with Crippen LogP contribution in [0.5, 0.6) is 0 Å². The molecule has 1 aromatic carbocycles. The number of rotatable bonds is 17. The number of nitrogens with two attached hydrogens (primary N) is 1. The molecule has 1 aromatic rings. The lowest BCUT2D eigenvalue weighted by Crippen LogP contribution is -2.59. The fourth-order valence-corrected chi connectivity index (χ4v) is 3.89. The number of carboxylic acid groups (broad SMARTS) is 1. The molecule has 0 saturated heterocycles. The summed E-state index contributed by atoms with van der Waals surface area (Å²) in [6, 6.07) is 2.80. The maximum absolute atomic E-state index is 13.0. The smallest absolute Gasteiger partial charge is 0.303 e. The Morgan fingerprint density at radius 3 is 2.12 bits per heavy atom. The molecule has 40 heavy (non-hydrogen) atoms. The third kappa shape index (κ3) is 12.0. The van der Waals surface area contributed by atoms with Crippen molar-refractivity contribution in [3.8, 4) is 0 Å². The van der Waals surface area contributed by atoms with Crippen LogP contribution in [0.1, 0.15) is 65.4 Å². The molecular formula is C27H44N4O9. The van der Waals surface area contributed by atoms with Gasteiger partial charge in [-0.25, -0.2) is 0 Å². The first kappa shape index (κ1) is 34.9. The van der Waals surface area contributed by atoms with E-state index in [0.29, 0.717) is 17.7 Å². The van der Waals surface area contributed by atoms with E-state index < -0.39 is 66.7 Å². The van der Waals surface area contributed by atoms with Crippen LogP contribution in [0.3, 0.4) is 0 Å². The zero-order valence-corrected chi connectivity index (χ0v) is 23.5. The largest absolute Gasteiger partial charge is 0.481 e. The van der Waals surface area contributed by atoms with Crippen LogP contribution in [0.2, 0.25) is 0 Å². The molecule has 0 saturated carbocycles. The predicted molar refractivity (Wildman–Crippen MR) is 146 cm³/mol. The highest BCUT2D eigenvalue weighted by atomic mass is 16.7. The van der Waals surface area contributed by atoms with Crippen molar-refractivity contribution in [3.05, 3.63) is 29.8 Å². The summed E-state index contributed by atoms with van der Waals surface area (Å²) in [4.78, 5) is 49.1. The van der Waals surface area contributed by atoms with E-state index in [9.17, 15) is 39.6 Å². The first-order valence-corrected chi connectivity index (χ1v) is 13.4. The molecule has 0 aliphatic heterocycles. The summed E-state index contributed by atoms with van der Waals surface area (Å²) in [5.41, 5.74) is 6.82. The summed E-state index contributed by atoms with van der Waals surface area (Å²) in [6.07, 6.45) is -1.67. The third-order valence-corrected chi connectivity index (χ3v) is 6.60. The van der Waals surface area contributed by atoms with E-state index >= 15 is 0 Å². The number of anilines is 1. The lowest BCUT2D eigenvalue weighted by atomic mass is 9.97. The molecule has 0 heterocycles. The summed E-state index contributed by atoms with van der Waals surface area (Å²) in [6.45, 7) is 7.31. The average Bonchev–Trinajstić information content (AvgIpc) is 2.87. The van der Waals surface area contributed by atoms with Crippen molar-refractivity contribution in [1.29, 1.82) is 0 Å². The number of aliphatic carboxylic acids is 1. The summed E-state index contributed by atoms with van der Waals surface area (Å²) in [5.74, 6) is -6.80. The number of aliphatic hydroxyl groups is 4. The second-order valence-corrected chi connectivity index (χ2v) is 10.5. The maximum atomic E-state index is 13.0. The summed E-state index contributed by atoms with van der Waals surface area (Å²) >= 11 is 0. The van der Waals surface area contributed by atoms with Gasteiger partial charge in [-0.1, -0.05) is 52.3 Å². The van der Waals surface area contributed by atoms with Gasteiger partial charge >= 0.3 is 5.97 Å². The van der Waals surface area contributed by atoms with Gasteiger partial charge in [0, 0.05) is 12.1 Å². The second-order valence-electron chi connectivity index (χ2n) is 10.5. The van der Waals surface area contributed by atoms with Gasteiger partial charge in [-0.15, -0.1) is 0 Å². The molecule has 0 spiro atoms. The van der Waals surface area contributed by atoms with Crippen molar-refractivity contribution >= 4 is 29.4 Å². The molecule has 0 aliphatic carbocycles. The van der Waals surface area contributed by atoms with Gasteiger partial charge in [0.25, 0.3) is 11.9 Å². The number of amides is 3.